The molecule has 0 aliphatic heterocycles. The van der Waals surface area contributed by atoms with Crippen LogP contribution >= 0.6 is 28.8 Å². The highest BCUT2D eigenvalue weighted by molar-refractivity contribution is 9.10. The van der Waals surface area contributed by atoms with Crippen molar-refractivity contribution >= 4 is 28.8 Å². The summed E-state index contributed by atoms with van der Waals surface area (Å²) in [5.41, 5.74) is 0. The molecular formula is C6H4BrFOS. The largest absolute Gasteiger partial charge is 0.429 e. The molecule has 1 aromatic rings. The molecular weight excluding hydrogens is 219 g/mol. The Morgan fingerprint density at radius 2 is 2.10 bits per heavy atom. The van der Waals surface area contributed by atoms with Crippen LogP contribution in [0, 0.1) is 5.82 Å². The summed E-state index contributed by atoms with van der Waals surface area (Å²) in [6, 6.07) is 4.21. The maximum atomic E-state index is 12.5. The summed E-state index contributed by atoms with van der Waals surface area (Å²) in [5, 5.41) is 0. The second-order valence-corrected chi connectivity index (χ2v) is 2.79. The van der Waals surface area contributed by atoms with E-state index in [0.29, 0.717) is 10.2 Å². The summed E-state index contributed by atoms with van der Waals surface area (Å²) in [4.78, 5) is 0. The van der Waals surface area contributed by atoms with E-state index in [2.05, 4.69) is 33.0 Å². The summed E-state index contributed by atoms with van der Waals surface area (Å²) in [7, 11) is 0. The monoisotopic (exact) mass is 222 g/mol. The molecule has 1 rings (SSSR count). The Morgan fingerprint density at radius 3 is 2.60 bits per heavy atom. The molecule has 0 amide bonds. The van der Waals surface area contributed by atoms with Crippen LogP contribution in [0.3, 0.4) is 0 Å². The molecule has 0 saturated carbocycles. The number of thiol groups is 1. The number of halogens is 2. The maximum Gasteiger partial charge on any atom is 0.141 e. The summed E-state index contributed by atoms with van der Waals surface area (Å²) in [6.45, 7) is 0. The van der Waals surface area contributed by atoms with E-state index >= 15 is 0 Å². The second kappa shape index (κ2) is 3.25. The summed E-state index contributed by atoms with van der Waals surface area (Å²) in [5.74, 6) is 0.0358. The topological polar surface area (TPSA) is 9.23 Å². The van der Waals surface area contributed by atoms with Crippen molar-refractivity contribution in [2.45, 2.75) is 0 Å². The fourth-order valence-corrected chi connectivity index (χ4v) is 1.13. The van der Waals surface area contributed by atoms with Crippen molar-refractivity contribution in [2.24, 2.45) is 0 Å². The van der Waals surface area contributed by atoms with Crippen molar-refractivity contribution in [3.63, 3.8) is 0 Å². The highest BCUT2D eigenvalue weighted by Crippen LogP contribution is 2.20. The Hall–Kier alpha value is -0.220. The molecule has 0 saturated heterocycles. The minimum atomic E-state index is -0.349. The molecule has 0 aliphatic rings. The maximum absolute atomic E-state index is 12.5. The minimum absolute atomic E-state index is 0.349. The number of hydrogen-bond acceptors (Lipinski definition) is 2. The predicted octanol–water partition coefficient (Wildman–Crippen LogP) is 2.81. The van der Waals surface area contributed by atoms with Crippen LogP contribution in [-0.2, 0) is 0 Å². The first-order valence-corrected chi connectivity index (χ1v) is 3.65. The lowest BCUT2D eigenvalue weighted by Gasteiger charge is -1.97. The Bertz CT molecular complexity index is 221. The Kier molecular flexibility index (Phi) is 2.56. The fourth-order valence-electron chi connectivity index (χ4n) is 0.581. The van der Waals surface area contributed by atoms with Crippen molar-refractivity contribution in [1.82, 2.24) is 0 Å². The van der Waals surface area contributed by atoms with Crippen LogP contribution in [0.15, 0.2) is 22.7 Å². The first kappa shape index (κ1) is 7.88. The van der Waals surface area contributed by atoms with Gasteiger partial charge in [0.25, 0.3) is 0 Å². The van der Waals surface area contributed by atoms with Gasteiger partial charge in [0.1, 0.15) is 11.6 Å². The smallest absolute Gasteiger partial charge is 0.141 e. The molecule has 4 heteroatoms. The molecule has 10 heavy (non-hydrogen) atoms. The van der Waals surface area contributed by atoms with Crippen LogP contribution in [0.25, 0.3) is 0 Å². The van der Waals surface area contributed by atoms with Gasteiger partial charge in [-0.3, -0.25) is 0 Å². The van der Waals surface area contributed by atoms with Gasteiger partial charge < -0.3 is 4.18 Å². The Morgan fingerprint density at radius 1 is 1.40 bits per heavy atom. The van der Waals surface area contributed by atoms with Gasteiger partial charge in [0, 0.05) is 23.4 Å². The van der Waals surface area contributed by atoms with E-state index in [1.807, 2.05) is 0 Å². The summed E-state index contributed by atoms with van der Waals surface area (Å²) < 4.78 is 17.6. The third-order valence-corrected chi connectivity index (χ3v) is 1.61. The van der Waals surface area contributed by atoms with Crippen molar-refractivity contribution < 1.29 is 8.57 Å². The van der Waals surface area contributed by atoms with Gasteiger partial charge in [0.2, 0.25) is 0 Å². The van der Waals surface area contributed by atoms with Gasteiger partial charge in [-0.15, -0.1) is 0 Å². The van der Waals surface area contributed by atoms with Crippen molar-refractivity contribution in [2.75, 3.05) is 0 Å². The lowest BCUT2D eigenvalue weighted by Crippen LogP contribution is -1.78. The fraction of sp³-hybridized carbons (Fsp3) is 0. The van der Waals surface area contributed by atoms with E-state index in [-0.39, 0.29) is 5.82 Å². The highest BCUT2D eigenvalue weighted by Gasteiger charge is 1.97. The lowest BCUT2D eigenvalue weighted by molar-refractivity contribution is 0.603. The third kappa shape index (κ3) is 1.88. The molecule has 0 aliphatic carbocycles. The molecule has 0 atom stereocenters. The summed E-state index contributed by atoms with van der Waals surface area (Å²) >= 11 is 6.62. The van der Waals surface area contributed by atoms with Crippen LogP contribution in [-0.4, -0.2) is 0 Å². The first-order valence-electron chi connectivity index (χ1n) is 2.50. The van der Waals surface area contributed by atoms with Crippen LogP contribution in [0.1, 0.15) is 0 Å². The Labute approximate surface area is 71.9 Å². The minimum Gasteiger partial charge on any atom is -0.429 e. The SMILES string of the molecule is Fc1cc(Br)cc(OS)c1. The zero-order valence-electron chi connectivity index (χ0n) is 4.84. The van der Waals surface area contributed by atoms with Crippen molar-refractivity contribution in [1.29, 1.82) is 0 Å². The molecule has 0 spiro atoms. The number of hydrogen-bond donors (Lipinski definition) is 1. The van der Waals surface area contributed by atoms with E-state index in [1.54, 1.807) is 6.07 Å². The van der Waals surface area contributed by atoms with Gasteiger partial charge in [-0.25, -0.2) is 4.39 Å². The average molecular weight is 223 g/mol. The van der Waals surface area contributed by atoms with E-state index in [4.69, 9.17) is 0 Å². The zero-order chi connectivity index (χ0) is 7.56. The molecule has 1 nitrogen and oxygen atoms in total. The number of rotatable bonds is 1. The molecule has 0 N–H and O–H groups in total. The highest BCUT2D eigenvalue weighted by atomic mass is 79.9. The molecule has 1 aromatic carbocycles. The molecule has 0 bridgehead atoms. The average Bonchev–Trinajstić information content (AvgIpc) is 1.85. The quantitative estimate of drug-likeness (QED) is 0.568. The van der Waals surface area contributed by atoms with Gasteiger partial charge in [-0.2, -0.15) is 0 Å². The van der Waals surface area contributed by atoms with Crippen LogP contribution in [0.4, 0.5) is 4.39 Å². The van der Waals surface area contributed by atoms with E-state index in [1.165, 1.54) is 12.1 Å². The first-order chi connectivity index (χ1) is 4.72. The van der Waals surface area contributed by atoms with Gasteiger partial charge >= 0.3 is 0 Å². The summed E-state index contributed by atoms with van der Waals surface area (Å²) in [6.07, 6.45) is 0. The van der Waals surface area contributed by atoms with E-state index in [0.717, 1.165) is 0 Å². The Balaban J connectivity index is 3.06. The molecule has 0 fully saturated rings. The molecule has 0 heterocycles. The molecule has 0 radical (unpaired) electrons. The van der Waals surface area contributed by atoms with Gasteiger partial charge in [0.15, 0.2) is 0 Å². The van der Waals surface area contributed by atoms with E-state index < -0.39 is 0 Å². The van der Waals surface area contributed by atoms with Gasteiger partial charge in [-0.05, 0) is 12.1 Å². The molecule has 54 valence electrons. The van der Waals surface area contributed by atoms with Gasteiger partial charge in [-0.1, -0.05) is 15.9 Å². The van der Waals surface area contributed by atoms with Crippen molar-refractivity contribution in [3.8, 4) is 5.75 Å². The van der Waals surface area contributed by atoms with Crippen molar-refractivity contribution in [3.05, 3.63) is 28.5 Å². The lowest BCUT2D eigenvalue weighted by atomic mass is 10.3. The van der Waals surface area contributed by atoms with Crippen LogP contribution in [0.5, 0.6) is 5.75 Å². The standard InChI is InChI=1S/C6H4BrFOS/c7-4-1-5(8)3-6(2-4)9-10/h1-3,10H. The predicted molar refractivity (Wildman–Crippen MR) is 43.7 cm³/mol. The number of benzene rings is 1. The van der Waals surface area contributed by atoms with Gasteiger partial charge in [0.05, 0.1) is 0 Å². The molecule has 0 unspecified atom stereocenters. The molecule has 0 aromatic heterocycles. The third-order valence-electron chi connectivity index (χ3n) is 0.941. The van der Waals surface area contributed by atoms with Crippen LogP contribution in [0.2, 0.25) is 0 Å². The van der Waals surface area contributed by atoms with E-state index in [9.17, 15) is 4.39 Å². The second-order valence-electron chi connectivity index (χ2n) is 1.70. The normalized spacial score (nSPS) is 9.50. The van der Waals surface area contributed by atoms with Crippen LogP contribution < -0.4 is 4.18 Å². The zero-order valence-corrected chi connectivity index (χ0v) is 7.32.